The molecule has 3 N–H and O–H groups in total. The molecule has 0 saturated heterocycles. The van der Waals surface area contributed by atoms with E-state index in [9.17, 15) is 17.8 Å². The Morgan fingerprint density at radius 1 is 1.35 bits per heavy atom. The smallest absolute Gasteiger partial charge is 0.319 e. The van der Waals surface area contributed by atoms with Crippen molar-refractivity contribution in [1.29, 1.82) is 0 Å². The van der Waals surface area contributed by atoms with Gasteiger partial charge in [-0.2, -0.15) is 14.0 Å². The van der Waals surface area contributed by atoms with Gasteiger partial charge < -0.3 is 5.11 Å². The van der Waals surface area contributed by atoms with E-state index in [0.717, 1.165) is 0 Å². The summed E-state index contributed by atoms with van der Waals surface area (Å²) in [6.07, 6.45) is 3.22. The fourth-order valence-electron chi connectivity index (χ4n) is 1.78. The van der Waals surface area contributed by atoms with Crippen LogP contribution in [0.1, 0.15) is 0 Å². The predicted octanol–water partition coefficient (Wildman–Crippen LogP) is 0.0732. The molecule has 1 aromatic rings. The summed E-state index contributed by atoms with van der Waals surface area (Å²) >= 11 is 0. The van der Waals surface area contributed by atoms with Crippen molar-refractivity contribution in [2.45, 2.75) is 4.90 Å². The van der Waals surface area contributed by atoms with Crippen molar-refractivity contribution in [2.75, 3.05) is 18.1 Å². The van der Waals surface area contributed by atoms with Crippen LogP contribution in [-0.2, 0) is 14.9 Å². The molecule has 0 fully saturated rings. The van der Waals surface area contributed by atoms with Crippen LogP contribution in [0.2, 0.25) is 0 Å². The number of anilines is 1. The number of benzene rings is 1. The molecule has 0 atom stereocenters. The van der Waals surface area contributed by atoms with E-state index >= 15 is 0 Å². The summed E-state index contributed by atoms with van der Waals surface area (Å²) in [5, 5.41) is 11.5. The molecule has 1 aliphatic rings. The normalized spacial score (nSPS) is 16.4. The lowest BCUT2D eigenvalue weighted by molar-refractivity contribution is -0.139. The number of hydrazine groups is 2. The van der Waals surface area contributed by atoms with Crippen molar-refractivity contribution < 1.29 is 22.9 Å². The lowest BCUT2D eigenvalue weighted by Crippen LogP contribution is -2.52. The molecule has 1 aliphatic heterocycles. The Morgan fingerprint density at radius 2 is 2.05 bits per heavy atom. The maximum absolute atomic E-state index is 11.3. The Morgan fingerprint density at radius 3 is 2.70 bits per heavy atom. The predicted molar refractivity (Wildman–Crippen MR) is 70.2 cm³/mol. The number of aliphatic carboxylic acids is 1. The second kappa shape index (κ2) is 5.59. The Labute approximate surface area is 115 Å². The summed E-state index contributed by atoms with van der Waals surface area (Å²) in [5.41, 5.74) is 2.93. The molecule has 0 aromatic heterocycles. The van der Waals surface area contributed by atoms with Gasteiger partial charge in [0.1, 0.15) is 11.4 Å². The molecule has 1 heterocycles. The first-order valence-corrected chi connectivity index (χ1v) is 7.07. The van der Waals surface area contributed by atoms with Crippen LogP contribution in [0.25, 0.3) is 0 Å². The maximum atomic E-state index is 11.3. The van der Waals surface area contributed by atoms with E-state index in [2.05, 4.69) is 5.53 Å². The first-order valence-electron chi connectivity index (χ1n) is 5.63. The van der Waals surface area contributed by atoms with Gasteiger partial charge in [0.2, 0.25) is 0 Å². The van der Waals surface area contributed by atoms with Gasteiger partial charge in [-0.05, 0) is 12.1 Å². The minimum Gasteiger partial charge on any atom is -0.480 e. The molecule has 0 spiro atoms. The molecule has 0 radical (unpaired) electrons. The van der Waals surface area contributed by atoms with Crippen LogP contribution in [0.5, 0.6) is 0 Å². The summed E-state index contributed by atoms with van der Waals surface area (Å²) in [5.74, 6) is -1.02. The van der Waals surface area contributed by atoms with Crippen LogP contribution >= 0.6 is 0 Å². The van der Waals surface area contributed by atoms with Crippen molar-refractivity contribution >= 4 is 21.8 Å². The quantitative estimate of drug-likeness (QED) is 0.670. The van der Waals surface area contributed by atoms with Crippen molar-refractivity contribution in [3.63, 3.8) is 0 Å². The third kappa shape index (κ3) is 3.33. The number of carbonyl (C=O) groups is 1. The molecule has 0 aliphatic carbocycles. The zero-order chi connectivity index (χ0) is 14.8. The fourth-order valence-corrected chi connectivity index (χ4v) is 2.46. The number of rotatable bonds is 4. The Bertz CT molecular complexity index is 643. The lowest BCUT2D eigenvalue weighted by Gasteiger charge is -2.33. The van der Waals surface area contributed by atoms with E-state index in [1.54, 1.807) is 18.3 Å². The lowest BCUT2D eigenvalue weighted by atomic mass is 10.3. The minimum atomic E-state index is -4.37. The van der Waals surface area contributed by atoms with Crippen molar-refractivity contribution in [3.8, 4) is 0 Å². The molecule has 0 unspecified atom stereocenters. The summed E-state index contributed by atoms with van der Waals surface area (Å²) in [4.78, 5) is 10.4. The fraction of sp³-hybridized carbons (Fsp3) is 0.182. The van der Waals surface area contributed by atoms with Crippen LogP contribution in [0.4, 0.5) is 5.69 Å². The summed E-state index contributed by atoms with van der Waals surface area (Å²) in [6.45, 7) is 0.103. The molecule has 8 nitrogen and oxygen atoms in total. The number of hydrogen-bond donors (Lipinski definition) is 3. The van der Waals surface area contributed by atoms with E-state index in [1.807, 2.05) is 0 Å². The monoisotopic (exact) mass is 299 g/mol. The number of carboxylic acid groups (broad SMARTS) is 1. The second-order valence-electron chi connectivity index (χ2n) is 4.07. The summed E-state index contributed by atoms with van der Waals surface area (Å²) in [6, 6.07) is 5.84. The van der Waals surface area contributed by atoms with E-state index in [4.69, 9.17) is 5.11 Å². The van der Waals surface area contributed by atoms with Crippen LogP contribution in [0.3, 0.4) is 0 Å². The summed E-state index contributed by atoms with van der Waals surface area (Å²) in [7, 11) is -4.37. The van der Waals surface area contributed by atoms with Gasteiger partial charge in [0.15, 0.2) is 0 Å². The minimum absolute atomic E-state index is 0.196. The highest BCUT2D eigenvalue weighted by atomic mass is 32.2. The highest BCUT2D eigenvalue weighted by Crippen LogP contribution is 2.24. The first kappa shape index (κ1) is 14.5. The van der Waals surface area contributed by atoms with E-state index in [1.165, 1.54) is 28.2 Å². The number of carboxylic acids is 1. The van der Waals surface area contributed by atoms with Gasteiger partial charge in [0, 0.05) is 12.7 Å². The molecular weight excluding hydrogens is 286 g/mol. The molecule has 9 heteroatoms. The topological polar surface area (TPSA) is 110 Å². The number of nitrogens with zero attached hydrogens (tertiary/aromatic N) is 2. The van der Waals surface area contributed by atoms with Gasteiger partial charge in [-0.15, -0.1) is 0 Å². The molecular formula is C11H13N3O5S. The average Bonchev–Trinajstić information content (AvgIpc) is 2.37. The molecule has 0 bridgehead atoms. The first-order chi connectivity index (χ1) is 9.38. The van der Waals surface area contributed by atoms with Crippen molar-refractivity contribution in [1.82, 2.24) is 10.5 Å². The standard InChI is InChI=1S/C11H13N3O5S/c15-11(16)8-13-6-3-7-14(12-13)9-4-1-2-5-10(9)20(17,18)19/h1-5,7,12H,6,8H2,(H,15,16)(H,17,18,19). The van der Waals surface area contributed by atoms with E-state index in [-0.39, 0.29) is 17.1 Å². The zero-order valence-electron chi connectivity index (χ0n) is 10.3. The van der Waals surface area contributed by atoms with Gasteiger partial charge >= 0.3 is 5.97 Å². The van der Waals surface area contributed by atoms with Crippen LogP contribution in [0, 0.1) is 0 Å². The maximum Gasteiger partial charge on any atom is 0.319 e. The van der Waals surface area contributed by atoms with Gasteiger partial charge in [0.05, 0.1) is 5.69 Å². The van der Waals surface area contributed by atoms with Crippen molar-refractivity contribution in [2.24, 2.45) is 0 Å². The molecule has 108 valence electrons. The van der Waals surface area contributed by atoms with Gasteiger partial charge in [-0.25, -0.2) is 5.01 Å². The highest BCUT2D eigenvalue weighted by molar-refractivity contribution is 7.86. The number of hydrogen-bond acceptors (Lipinski definition) is 6. The van der Waals surface area contributed by atoms with Gasteiger partial charge in [-0.3, -0.25) is 14.4 Å². The molecule has 2 rings (SSSR count). The van der Waals surface area contributed by atoms with E-state index < -0.39 is 16.1 Å². The van der Waals surface area contributed by atoms with Crippen LogP contribution in [-0.4, -0.2) is 42.1 Å². The number of nitrogens with one attached hydrogen (secondary N) is 1. The van der Waals surface area contributed by atoms with Crippen molar-refractivity contribution in [3.05, 3.63) is 36.5 Å². The Hall–Kier alpha value is -1.94. The SMILES string of the molecule is O=C(O)CN1CC=CN(c2ccccc2S(=O)(=O)O)N1. The van der Waals surface area contributed by atoms with E-state index in [0.29, 0.717) is 6.54 Å². The zero-order valence-corrected chi connectivity index (χ0v) is 11.1. The average molecular weight is 299 g/mol. The third-order valence-electron chi connectivity index (χ3n) is 2.56. The molecule has 0 saturated carbocycles. The molecule has 20 heavy (non-hydrogen) atoms. The van der Waals surface area contributed by atoms with Crippen LogP contribution in [0.15, 0.2) is 41.4 Å². The molecule has 1 aromatic carbocycles. The Balaban J connectivity index is 2.31. The summed E-state index contributed by atoms with van der Waals surface area (Å²) < 4.78 is 31.8. The highest BCUT2D eigenvalue weighted by Gasteiger charge is 2.22. The number of para-hydroxylation sites is 1. The third-order valence-corrected chi connectivity index (χ3v) is 3.46. The van der Waals surface area contributed by atoms with Crippen LogP contribution < -0.4 is 10.5 Å². The largest absolute Gasteiger partial charge is 0.480 e. The van der Waals surface area contributed by atoms with Gasteiger partial charge in [0.25, 0.3) is 10.1 Å². The second-order valence-corrected chi connectivity index (χ2v) is 5.46. The van der Waals surface area contributed by atoms with Gasteiger partial charge in [-0.1, -0.05) is 18.2 Å². The Kier molecular flexibility index (Phi) is 4.04. The molecule has 0 amide bonds.